The lowest BCUT2D eigenvalue weighted by atomic mass is 10.0. The average Bonchev–Trinajstić information content (AvgIpc) is 3.52. The van der Waals surface area contributed by atoms with Crippen LogP contribution in [-0.4, -0.2) is 49.3 Å². The summed E-state index contributed by atoms with van der Waals surface area (Å²) in [5.41, 5.74) is 7.18. The van der Waals surface area contributed by atoms with Crippen LogP contribution in [0.15, 0.2) is 78.5 Å². The number of amides is 1. The van der Waals surface area contributed by atoms with Gasteiger partial charge in [0.2, 0.25) is 5.91 Å². The summed E-state index contributed by atoms with van der Waals surface area (Å²) in [4.78, 5) is 32.8. The third-order valence-electron chi connectivity index (χ3n) is 5.71. The number of carbonyl (C=O) groups excluding carboxylic acids is 1. The number of hydrogen-bond acceptors (Lipinski definition) is 6. The summed E-state index contributed by atoms with van der Waals surface area (Å²) in [5.74, 6) is 0.530. The van der Waals surface area contributed by atoms with Gasteiger partial charge in [-0.2, -0.15) is 5.10 Å². The van der Waals surface area contributed by atoms with Crippen LogP contribution in [0.3, 0.4) is 0 Å². The Labute approximate surface area is 207 Å². The Kier molecular flexibility index (Phi) is 6.19. The van der Waals surface area contributed by atoms with Gasteiger partial charge in [-0.15, -0.1) is 0 Å². The highest BCUT2D eigenvalue weighted by Crippen LogP contribution is 2.31. The van der Waals surface area contributed by atoms with Crippen molar-refractivity contribution in [2.45, 2.75) is 13.3 Å². The van der Waals surface area contributed by atoms with E-state index in [4.69, 9.17) is 4.98 Å². The first-order valence-electron chi connectivity index (χ1n) is 11.4. The SMILES string of the molecule is C=C(/C=C(\C=NC)c1ccc2[nH]nc(-c3nc4c(-c5cccnc5)cncc4[nH]3)c2c1)NC(=O)CC. The van der Waals surface area contributed by atoms with E-state index in [9.17, 15) is 4.79 Å². The second-order valence-corrected chi connectivity index (χ2v) is 8.16. The number of pyridine rings is 2. The van der Waals surface area contributed by atoms with Gasteiger partial charge in [-0.25, -0.2) is 4.98 Å². The molecule has 0 aliphatic carbocycles. The molecule has 0 saturated carbocycles. The average molecular weight is 477 g/mol. The molecule has 1 amide bonds. The number of nitrogens with one attached hydrogen (secondary N) is 3. The van der Waals surface area contributed by atoms with Gasteiger partial charge in [0.1, 0.15) is 11.2 Å². The number of aliphatic imine (C=N–C) groups is 1. The van der Waals surface area contributed by atoms with E-state index in [1.54, 1.807) is 51.0 Å². The maximum Gasteiger partial charge on any atom is 0.224 e. The second kappa shape index (κ2) is 9.75. The lowest BCUT2D eigenvalue weighted by Gasteiger charge is -2.07. The Morgan fingerprint density at radius 2 is 2.06 bits per heavy atom. The van der Waals surface area contributed by atoms with Gasteiger partial charge in [0.05, 0.1) is 17.2 Å². The summed E-state index contributed by atoms with van der Waals surface area (Å²) in [5, 5.41) is 11.3. The number of rotatable bonds is 7. The van der Waals surface area contributed by atoms with Crippen molar-refractivity contribution in [3.05, 3.63) is 79.0 Å². The number of carbonyl (C=O) groups is 1. The van der Waals surface area contributed by atoms with Crippen LogP contribution in [0.5, 0.6) is 0 Å². The van der Waals surface area contributed by atoms with Gasteiger partial charge in [0, 0.05) is 66.1 Å². The molecule has 4 aromatic heterocycles. The minimum Gasteiger partial charge on any atom is -0.335 e. The Bertz CT molecular complexity index is 1640. The molecule has 178 valence electrons. The highest BCUT2D eigenvalue weighted by atomic mass is 16.1. The predicted octanol–water partition coefficient (Wildman–Crippen LogP) is 4.69. The first-order chi connectivity index (χ1) is 17.6. The van der Waals surface area contributed by atoms with Crippen molar-refractivity contribution in [1.82, 2.24) is 35.5 Å². The highest BCUT2D eigenvalue weighted by molar-refractivity contribution is 6.12. The van der Waals surface area contributed by atoms with Crippen molar-refractivity contribution in [1.29, 1.82) is 0 Å². The summed E-state index contributed by atoms with van der Waals surface area (Å²) in [6.07, 6.45) is 11.0. The van der Waals surface area contributed by atoms with Crippen molar-refractivity contribution in [3.63, 3.8) is 0 Å². The fourth-order valence-electron chi connectivity index (χ4n) is 3.98. The molecular formula is C27H24N8O. The standard InChI is InChI=1S/C27H24N8O/c1-4-24(36)31-16(2)10-19(12-28-3)17-7-8-22-20(11-17)26(35-34-22)27-32-23-15-30-14-21(25(23)33-27)18-6-5-9-29-13-18/h5-15H,2,4H2,1,3H3,(H,31,36)(H,32,33)(H,34,35)/b19-10+,28-12?. The van der Waals surface area contributed by atoms with Gasteiger partial charge in [-0.3, -0.25) is 24.9 Å². The summed E-state index contributed by atoms with van der Waals surface area (Å²) in [7, 11) is 1.70. The molecule has 0 atom stereocenters. The molecule has 0 saturated heterocycles. The molecule has 0 radical (unpaired) electrons. The van der Waals surface area contributed by atoms with E-state index in [1.165, 1.54) is 0 Å². The van der Waals surface area contributed by atoms with Crippen LogP contribution in [0.25, 0.3) is 50.2 Å². The maximum absolute atomic E-state index is 11.8. The molecule has 3 N–H and O–H groups in total. The number of hydrogen-bond donors (Lipinski definition) is 3. The summed E-state index contributed by atoms with van der Waals surface area (Å²) in [6, 6.07) is 9.81. The van der Waals surface area contributed by atoms with Crippen LogP contribution in [-0.2, 0) is 4.79 Å². The molecule has 9 heteroatoms. The topological polar surface area (TPSA) is 125 Å². The van der Waals surface area contributed by atoms with Crippen LogP contribution in [0.1, 0.15) is 18.9 Å². The van der Waals surface area contributed by atoms with Crippen molar-refractivity contribution in [3.8, 4) is 22.6 Å². The zero-order valence-corrected chi connectivity index (χ0v) is 19.9. The third-order valence-corrected chi connectivity index (χ3v) is 5.71. The Hall–Kier alpha value is -4.92. The second-order valence-electron chi connectivity index (χ2n) is 8.16. The molecule has 0 fully saturated rings. The molecule has 1 aromatic carbocycles. The normalized spacial score (nSPS) is 12.0. The number of aromatic amines is 2. The molecule has 5 rings (SSSR count). The number of aromatic nitrogens is 6. The summed E-state index contributed by atoms with van der Waals surface area (Å²) >= 11 is 0. The van der Waals surface area contributed by atoms with E-state index in [2.05, 4.69) is 42.0 Å². The molecule has 4 heterocycles. The van der Waals surface area contributed by atoms with Crippen molar-refractivity contribution in [2.75, 3.05) is 7.05 Å². The van der Waals surface area contributed by atoms with Gasteiger partial charge >= 0.3 is 0 Å². The fourth-order valence-corrected chi connectivity index (χ4v) is 3.98. The Balaban J connectivity index is 1.58. The van der Waals surface area contributed by atoms with Crippen LogP contribution in [0, 0.1) is 0 Å². The molecule has 0 aliphatic rings. The van der Waals surface area contributed by atoms with Gasteiger partial charge in [0.25, 0.3) is 0 Å². The maximum atomic E-state index is 11.8. The van der Waals surface area contributed by atoms with Gasteiger partial charge in [-0.05, 0) is 29.8 Å². The highest BCUT2D eigenvalue weighted by Gasteiger charge is 2.16. The molecule has 36 heavy (non-hydrogen) atoms. The van der Waals surface area contributed by atoms with E-state index in [0.29, 0.717) is 23.6 Å². The fraction of sp³-hybridized carbons (Fsp3) is 0.111. The van der Waals surface area contributed by atoms with E-state index in [0.717, 1.165) is 44.2 Å². The van der Waals surface area contributed by atoms with Crippen LogP contribution in [0.2, 0.25) is 0 Å². The third kappa shape index (κ3) is 4.41. The molecule has 0 spiro atoms. The van der Waals surface area contributed by atoms with E-state index in [-0.39, 0.29) is 5.91 Å². The number of nitrogens with zero attached hydrogens (tertiary/aromatic N) is 5. The molecule has 5 aromatic rings. The Morgan fingerprint density at radius 1 is 1.17 bits per heavy atom. The molecule has 9 nitrogen and oxygen atoms in total. The van der Waals surface area contributed by atoms with Gasteiger partial charge in [-0.1, -0.05) is 25.6 Å². The monoisotopic (exact) mass is 476 g/mol. The van der Waals surface area contributed by atoms with Crippen molar-refractivity contribution >= 4 is 39.6 Å². The number of benzene rings is 1. The van der Waals surface area contributed by atoms with Crippen molar-refractivity contribution < 1.29 is 4.79 Å². The van der Waals surface area contributed by atoms with Crippen molar-refractivity contribution in [2.24, 2.45) is 4.99 Å². The molecule has 0 bridgehead atoms. The molecule has 0 aliphatic heterocycles. The minimum absolute atomic E-state index is 0.0957. The smallest absolute Gasteiger partial charge is 0.224 e. The lowest BCUT2D eigenvalue weighted by molar-refractivity contribution is -0.119. The predicted molar refractivity (Wildman–Crippen MR) is 142 cm³/mol. The number of H-pyrrole nitrogens is 2. The van der Waals surface area contributed by atoms with Crippen LogP contribution >= 0.6 is 0 Å². The first-order valence-corrected chi connectivity index (χ1v) is 11.4. The van der Waals surface area contributed by atoms with E-state index >= 15 is 0 Å². The van der Waals surface area contributed by atoms with Gasteiger partial charge < -0.3 is 10.3 Å². The molecular weight excluding hydrogens is 452 g/mol. The van der Waals surface area contributed by atoms with E-state index < -0.39 is 0 Å². The largest absolute Gasteiger partial charge is 0.335 e. The minimum atomic E-state index is -0.0957. The number of allylic oxidation sites excluding steroid dienone is 2. The zero-order valence-electron chi connectivity index (χ0n) is 19.9. The van der Waals surface area contributed by atoms with Crippen LogP contribution < -0.4 is 5.32 Å². The van der Waals surface area contributed by atoms with Crippen LogP contribution in [0.4, 0.5) is 0 Å². The lowest BCUT2D eigenvalue weighted by Crippen LogP contribution is -2.19. The Morgan fingerprint density at radius 3 is 2.83 bits per heavy atom. The summed E-state index contributed by atoms with van der Waals surface area (Å²) in [6.45, 7) is 5.75. The first kappa shape index (κ1) is 22.9. The van der Waals surface area contributed by atoms with E-state index in [1.807, 2.05) is 30.3 Å². The zero-order chi connectivity index (χ0) is 25.1. The number of fused-ring (bicyclic) bond motifs is 2. The molecule has 0 unspecified atom stereocenters. The van der Waals surface area contributed by atoms with Gasteiger partial charge in [0.15, 0.2) is 5.82 Å². The summed E-state index contributed by atoms with van der Waals surface area (Å²) < 4.78 is 0. The number of imidazole rings is 1. The quantitative estimate of drug-likeness (QED) is 0.232.